The first-order valence-corrected chi connectivity index (χ1v) is 5.27. The van der Waals surface area contributed by atoms with Crippen molar-refractivity contribution >= 4 is 0 Å². The number of rotatable bonds is 6. The van der Waals surface area contributed by atoms with Crippen molar-refractivity contribution in [2.45, 2.75) is 39.2 Å². The van der Waals surface area contributed by atoms with Crippen LogP contribution < -0.4 is 10.6 Å². The van der Waals surface area contributed by atoms with Gasteiger partial charge in [-0.2, -0.15) is 0 Å². The van der Waals surface area contributed by atoms with Gasteiger partial charge in [0.05, 0.1) is 0 Å². The Bertz CT molecular complexity index is 110. The van der Waals surface area contributed by atoms with E-state index in [4.69, 9.17) is 0 Å². The van der Waals surface area contributed by atoms with Crippen LogP contribution in [-0.4, -0.2) is 25.7 Å². The van der Waals surface area contributed by atoms with Gasteiger partial charge in [0.25, 0.3) is 0 Å². The van der Waals surface area contributed by atoms with E-state index in [1.165, 1.54) is 25.8 Å². The predicted octanol–water partition coefficient (Wildman–Crippen LogP) is 1.37. The Hall–Kier alpha value is -0.0800. The molecule has 72 valence electrons. The summed E-state index contributed by atoms with van der Waals surface area (Å²) in [6, 6.07) is 0.630. The summed E-state index contributed by atoms with van der Waals surface area (Å²) in [6.07, 6.45) is 4.34. The molecule has 0 bridgehead atoms. The van der Waals surface area contributed by atoms with E-state index in [9.17, 15) is 0 Å². The highest BCUT2D eigenvalue weighted by atomic mass is 15.0. The van der Waals surface area contributed by atoms with Crippen molar-refractivity contribution in [3.63, 3.8) is 0 Å². The van der Waals surface area contributed by atoms with Crippen LogP contribution in [0, 0.1) is 5.92 Å². The Morgan fingerprint density at radius 3 is 2.67 bits per heavy atom. The normalized spacial score (nSPS) is 20.5. The second-order valence-corrected chi connectivity index (χ2v) is 3.91. The molecule has 1 fully saturated rings. The molecule has 0 aliphatic heterocycles. The molecular weight excluding hydrogens is 148 g/mol. The molecule has 0 aromatic carbocycles. The lowest BCUT2D eigenvalue weighted by Gasteiger charge is -2.27. The standard InChI is InChI=1S/C10H22N2/c1-3-11-7-9(2)12-8-10-5-4-6-10/h9-12H,3-8H2,1-2H3. The summed E-state index contributed by atoms with van der Waals surface area (Å²) < 4.78 is 0. The van der Waals surface area contributed by atoms with Gasteiger partial charge in [-0.1, -0.05) is 13.3 Å². The molecule has 0 aromatic rings. The Kier molecular flexibility index (Phi) is 4.62. The smallest absolute Gasteiger partial charge is 0.0164 e. The maximum absolute atomic E-state index is 3.56. The van der Waals surface area contributed by atoms with Gasteiger partial charge in [-0.25, -0.2) is 0 Å². The summed E-state index contributed by atoms with van der Waals surface area (Å²) in [7, 11) is 0. The quantitative estimate of drug-likeness (QED) is 0.629. The summed E-state index contributed by atoms with van der Waals surface area (Å²) >= 11 is 0. The summed E-state index contributed by atoms with van der Waals surface area (Å²) in [5.41, 5.74) is 0. The fraction of sp³-hybridized carbons (Fsp3) is 1.00. The van der Waals surface area contributed by atoms with E-state index in [1.54, 1.807) is 0 Å². The van der Waals surface area contributed by atoms with Gasteiger partial charge in [0, 0.05) is 12.6 Å². The summed E-state index contributed by atoms with van der Waals surface area (Å²) in [6.45, 7) is 7.81. The van der Waals surface area contributed by atoms with Gasteiger partial charge in [-0.15, -0.1) is 0 Å². The topological polar surface area (TPSA) is 24.1 Å². The molecule has 0 spiro atoms. The first kappa shape index (κ1) is 10.0. The Labute approximate surface area is 76.1 Å². The summed E-state index contributed by atoms with van der Waals surface area (Å²) in [5, 5.41) is 6.90. The molecule has 1 rings (SSSR count). The average molecular weight is 170 g/mol. The second kappa shape index (κ2) is 5.55. The van der Waals surface area contributed by atoms with Crippen molar-refractivity contribution in [2.24, 2.45) is 5.92 Å². The molecule has 2 N–H and O–H groups in total. The van der Waals surface area contributed by atoms with Gasteiger partial charge in [-0.05, 0) is 38.8 Å². The van der Waals surface area contributed by atoms with Crippen molar-refractivity contribution in [1.82, 2.24) is 10.6 Å². The van der Waals surface area contributed by atoms with Crippen LogP contribution in [-0.2, 0) is 0 Å². The highest BCUT2D eigenvalue weighted by Gasteiger charge is 2.17. The van der Waals surface area contributed by atoms with Crippen LogP contribution in [0.1, 0.15) is 33.1 Å². The van der Waals surface area contributed by atoms with E-state index in [2.05, 4.69) is 24.5 Å². The average Bonchev–Trinajstić information content (AvgIpc) is 1.98. The fourth-order valence-electron chi connectivity index (χ4n) is 1.50. The van der Waals surface area contributed by atoms with Gasteiger partial charge >= 0.3 is 0 Å². The van der Waals surface area contributed by atoms with Crippen molar-refractivity contribution in [3.8, 4) is 0 Å². The molecule has 2 heteroatoms. The van der Waals surface area contributed by atoms with Crippen molar-refractivity contribution in [2.75, 3.05) is 19.6 Å². The first-order valence-electron chi connectivity index (χ1n) is 5.27. The minimum atomic E-state index is 0.630. The summed E-state index contributed by atoms with van der Waals surface area (Å²) in [5.74, 6) is 0.981. The van der Waals surface area contributed by atoms with Gasteiger partial charge in [0.2, 0.25) is 0 Å². The van der Waals surface area contributed by atoms with E-state index in [-0.39, 0.29) is 0 Å². The van der Waals surface area contributed by atoms with Gasteiger partial charge in [-0.3, -0.25) is 0 Å². The zero-order chi connectivity index (χ0) is 8.81. The molecular formula is C10H22N2. The molecule has 1 aliphatic carbocycles. The van der Waals surface area contributed by atoms with E-state index in [1.807, 2.05) is 0 Å². The lowest BCUT2D eigenvalue weighted by molar-refractivity contribution is 0.290. The molecule has 0 heterocycles. The molecule has 1 saturated carbocycles. The second-order valence-electron chi connectivity index (χ2n) is 3.91. The van der Waals surface area contributed by atoms with Crippen LogP contribution in [0.15, 0.2) is 0 Å². The SMILES string of the molecule is CCNCC(C)NCC1CCC1. The molecule has 12 heavy (non-hydrogen) atoms. The Balaban J connectivity index is 1.90. The van der Waals surface area contributed by atoms with Gasteiger partial charge in [0.15, 0.2) is 0 Å². The minimum Gasteiger partial charge on any atom is -0.315 e. The van der Waals surface area contributed by atoms with Crippen LogP contribution in [0.4, 0.5) is 0 Å². The third-order valence-corrected chi connectivity index (χ3v) is 2.68. The molecule has 0 aromatic heterocycles. The molecule has 1 aliphatic rings. The molecule has 0 amide bonds. The van der Waals surface area contributed by atoms with Crippen LogP contribution in [0.5, 0.6) is 0 Å². The molecule has 0 saturated heterocycles. The van der Waals surface area contributed by atoms with E-state index >= 15 is 0 Å². The zero-order valence-electron chi connectivity index (χ0n) is 8.40. The van der Waals surface area contributed by atoms with E-state index in [0.29, 0.717) is 6.04 Å². The predicted molar refractivity (Wildman–Crippen MR) is 53.3 cm³/mol. The van der Waals surface area contributed by atoms with E-state index in [0.717, 1.165) is 19.0 Å². The number of likely N-dealkylation sites (N-methyl/N-ethyl adjacent to an activating group) is 1. The fourth-order valence-corrected chi connectivity index (χ4v) is 1.50. The first-order chi connectivity index (χ1) is 5.83. The monoisotopic (exact) mass is 170 g/mol. The van der Waals surface area contributed by atoms with Crippen LogP contribution in [0.2, 0.25) is 0 Å². The van der Waals surface area contributed by atoms with Gasteiger partial charge in [0.1, 0.15) is 0 Å². The largest absolute Gasteiger partial charge is 0.315 e. The van der Waals surface area contributed by atoms with Crippen LogP contribution >= 0.6 is 0 Å². The van der Waals surface area contributed by atoms with Crippen LogP contribution in [0.3, 0.4) is 0 Å². The van der Waals surface area contributed by atoms with Crippen LogP contribution in [0.25, 0.3) is 0 Å². The number of hydrogen-bond acceptors (Lipinski definition) is 2. The lowest BCUT2D eigenvalue weighted by atomic mass is 9.85. The number of hydrogen-bond donors (Lipinski definition) is 2. The van der Waals surface area contributed by atoms with Gasteiger partial charge < -0.3 is 10.6 Å². The molecule has 1 unspecified atom stereocenters. The highest BCUT2D eigenvalue weighted by Crippen LogP contribution is 2.25. The maximum atomic E-state index is 3.56. The zero-order valence-corrected chi connectivity index (χ0v) is 8.40. The Morgan fingerprint density at radius 2 is 2.17 bits per heavy atom. The highest BCUT2D eigenvalue weighted by molar-refractivity contribution is 4.74. The lowest BCUT2D eigenvalue weighted by Crippen LogP contribution is -2.39. The molecule has 1 atom stereocenters. The van der Waals surface area contributed by atoms with Crippen molar-refractivity contribution in [1.29, 1.82) is 0 Å². The van der Waals surface area contributed by atoms with E-state index < -0.39 is 0 Å². The number of nitrogens with one attached hydrogen (secondary N) is 2. The maximum Gasteiger partial charge on any atom is 0.0164 e. The molecule has 0 radical (unpaired) electrons. The van der Waals surface area contributed by atoms with Crippen molar-refractivity contribution in [3.05, 3.63) is 0 Å². The minimum absolute atomic E-state index is 0.630. The third-order valence-electron chi connectivity index (χ3n) is 2.68. The summed E-state index contributed by atoms with van der Waals surface area (Å²) in [4.78, 5) is 0. The van der Waals surface area contributed by atoms with Crippen molar-refractivity contribution < 1.29 is 0 Å². The Morgan fingerprint density at radius 1 is 1.42 bits per heavy atom. The molecule has 2 nitrogen and oxygen atoms in total. The third kappa shape index (κ3) is 3.55.